The van der Waals surface area contributed by atoms with Gasteiger partial charge in [0.05, 0.1) is 5.69 Å². The summed E-state index contributed by atoms with van der Waals surface area (Å²) in [6.45, 7) is 5.28. The van der Waals surface area contributed by atoms with Crippen LogP contribution in [0.3, 0.4) is 0 Å². The predicted octanol–water partition coefficient (Wildman–Crippen LogP) is 3.02. The number of hydrogen-bond donors (Lipinski definition) is 1. The number of fused-ring (bicyclic) bond motifs is 1. The van der Waals surface area contributed by atoms with Crippen molar-refractivity contribution < 1.29 is 9.59 Å². The number of hydrogen-bond acceptors (Lipinski definition) is 5. The number of nitrogens with one attached hydrogen (secondary N) is 1. The molecule has 2 aromatic carbocycles. The monoisotopic (exact) mass is 415 g/mol. The van der Waals surface area contributed by atoms with Gasteiger partial charge < -0.3 is 5.32 Å². The van der Waals surface area contributed by atoms with Gasteiger partial charge in [0, 0.05) is 16.8 Å². The van der Waals surface area contributed by atoms with E-state index < -0.39 is 11.6 Å². The van der Waals surface area contributed by atoms with Gasteiger partial charge in [-0.1, -0.05) is 12.1 Å². The minimum absolute atomic E-state index is 0.0539. The normalized spacial score (nSPS) is 10.9. The zero-order valence-electron chi connectivity index (χ0n) is 17.4. The van der Waals surface area contributed by atoms with E-state index in [4.69, 9.17) is 0 Å². The van der Waals surface area contributed by atoms with Crippen LogP contribution >= 0.6 is 0 Å². The number of aromatic nitrogens is 4. The number of amides is 1. The van der Waals surface area contributed by atoms with Gasteiger partial charge in [0.15, 0.2) is 11.4 Å². The third kappa shape index (κ3) is 4.13. The fourth-order valence-corrected chi connectivity index (χ4v) is 3.19. The Labute approximate surface area is 178 Å². The maximum atomic E-state index is 12.7. The minimum atomic E-state index is -0.497. The summed E-state index contributed by atoms with van der Waals surface area (Å²) >= 11 is 0. The Morgan fingerprint density at radius 1 is 0.935 bits per heavy atom. The van der Waals surface area contributed by atoms with Crippen molar-refractivity contribution in [1.29, 1.82) is 0 Å². The van der Waals surface area contributed by atoms with Crippen molar-refractivity contribution in [3.05, 3.63) is 81.8 Å². The molecule has 4 rings (SSSR count). The average molecular weight is 415 g/mol. The lowest BCUT2D eigenvalue weighted by molar-refractivity contribution is -0.117. The summed E-state index contributed by atoms with van der Waals surface area (Å²) in [7, 11) is 0. The molecule has 0 atom stereocenters. The van der Waals surface area contributed by atoms with Crippen LogP contribution in [0.15, 0.2) is 59.4 Å². The second-order valence-corrected chi connectivity index (χ2v) is 7.41. The smallest absolute Gasteiger partial charge is 0.324 e. The van der Waals surface area contributed by atoms with Gasteiger partial charge in [-0.3, -0.25) is 9.59 Å². The molecule has 0 aliphatic heterocycles. The molecule has 0 spiro atoms. The maximum absolute atomic E-state index is 12.7. The molecule has 0 unspecified atom stereocenters. The van der Waals surface area contributed by atoms with E-state index in [9.17, 15) is 14.4 Å². The number of nitrogens with zero attached hydrogens (tertiary/aromatic N) is 4. The lowest BCUT2D eigenvalue weighted by atomic mass is 10.0. The second kappa shape index (κ2) is 7.98. The Morgan fingerprint density at radius 3 is 2.35 bits per heavy atom. The summed E-state index contributed by atoms with van der Waals surface area (Å²) < 4.78 is 2.27. The summed E-state index contributed by atoms with van der Waals surface area (Å²) in [4.78, 5) is 36.5. The Balaban J connectivity index is 1.56. The number of anilines is 1. The topological polar surface area (TPSA) is 98.4 Å². The van der Waals surface area contributed by atoms with Gasteiger partial charge in [-0.15, -0.1) is 5.10 Å². The van der Waals surface area contributed by atoms with Crippen LogP contribution in [0.25, 0.3) is 16.9 Å². The summed E-state index contributed by atoms with van der Waals surface area (Å²) in [6, 6.07) is 16.0. The first-order valence-corrected chi connectivity index (χ1v) is 9.77. The van der Waals surface area contributed by atoms with Gasteiger partial charge in [-0.25, -0.2) is 9.48 Å². The van der Waals surface area contributed by atoms with Gasteiger partial charge in [0.2, 0.25) is 5.91 Å². The molecule has 0 aliphatic rings. The molecule has 156 valence electrons. The summed E-state index contributed by atoms with van der Waals surface area (Å²) in [5.41, 5.74) is 4.80. The van der Waals surface area contributed by atoms with Crippen molar-refractivity contribution >= 4 is 23.0 Å². The third-order valence-corrected chi connectivity index (χ3v) is 5.11. The van der Waals surface area contributed by atoms with Crippen LogP contribution < -0.4 is 11.0 Å². The van der Waals surface area contributed by atoms with Crippen molar-refractivity contribution in [2.45, 2.75) is 27.3 Å². The van der Waals surface area contributed by atoms with E-state index in [1.807, 2.05) is 32.0 Å². The van der Waals surface area contributed by atoms with E-state index in [0.717, 1.165) is 15.8 Å². The average Bonchev–Trinajstić information content (AvgIpc) is 3.05. The lowest BCUT2D eigenvalue weighted by Gasteiger charge is -2.05. The Bertz CT molecular complexity index is 1370. The highest BCUT2D eigenvalue weighted by Gasteiger charge is 2.13. The zero-order chi connectivity index (χ0) is 22.1. The van der Waals surface area contributed by atoms with Gasteiger partial charge in [0.1, 0.15) is 6.54 Å². The van der Waals surface area contributed by atoms with Gasteiger partial charge in [-0.2, -0.15) is 9.61 Å². The van der Waals surface area contributed by atoms with Crippen molar-refractivity contribution in [3.63, 3.8) is 0 Å². The number of aryl methyl sites for hydroxylation is 2. The number of rotatable bonds is 5. The fourth-order valence-electron chi connectivity index (χ4n) is 3.19. The molecular weight excluding hydrogens is 394 g/mol. The molecule has 1 N–H and O–H groups in total. The Hall–Kier alpha value is -4.07. The first kappa shape index (κ1) is 20.2. The molecule has 8 heteroatoms. The van der Waals surface area contributed by atoms with E-state index in [1.54, 1.807) is 36.4 Å². The SMILES string of the molecule is CC(=O)c1ccc(NC(=O)Cn2nc3ccc(-c4ccc(C)c(C)c4)nn3c2=O)cc1. The maximum Gasteiger partial charge on any atom is 0.367 e. The molecule has 0 fully saturated rings. The molecule has 1 amide bonds. The highest BCUT2D eigenvalue weighted by Crippen LogP contribution is 2.20. The number of ketones is 1. The van der Waals surface area contributed by atoms with Crippen LogP contribution in [-0.2, 0) is 11.3 Å². The minimum Gasteiger partial charge on any atom is -0.324 e. The van der Waals surface area contributed by atoms with Crippen molar-refractivity contribution in [2.75, 3.05) is 5.32 Å². The van der Waals surface area contributed by atoms with Gasteiger partial charge in [-0.05, 0) is 74.4 Å². The van der Waals surface area contributed by atoms with Crippen LogP contribution in [-0.4, -0.2) is 31.1 Å². The molecule has 0 saturated carbocycles. The summed E-state index contributed by atoms with van der Waals surface area (Å²) in [6.07, 6.45) is 0. The van der Waals surface area contributed by atoms with Gasteiger partial charge >= 0.3 is 5.69 Å². The summed E-state index contributed by atoms with van der Waals surface area (Å²) in [5.74, 6) is -0.461. The number of carbonyl (C=O) groups excluding carboxylic acids is 2. The van der Waals surface area contributed by atoms with Crippen LogP contribution in [0.5, 0.6) is 0 Å². The second-order valence-electron chi connectivity index (χ2n) is 7.41. The molecule has 0 radical (unpaired) electrons. The van der Waals surface area contributed by atoms with Crippen LogP contribution in [0.1, 0.15) is 28.4 Å². The quantitative estimate of drug-likeness (QED) is 0.505. The predicted molar refractivity (Wildman–Crippen MR) is 117 cm³/mol. The first-order chi connectivity index (χ1) is 14.8. The number of benzene rings is 2. The molecule has 0 aliphatic carbocycles. The standard InChI is InChI=1S/C23H21N5O3/c1-14-4-5-18(12-15(14)2)20-10-11-21-26-27(23(31)28(21)25-20)13-22(30)24-19-8-6-17(7-9-19)16(3)29/h4-12H,13H2,1-3H3,(H,24,30). The Kier molecular flexibility index (Phi) is 5.21. The first-order valence-electron chi connectivity index (χ1n) is 9.77. The van der Waals surface area contributed by atoms with E-state index in [0.29, 0.717) is 22.6 Å². The summed E-state index contributed by atoms with van der Waals surface area (Å²) in [5, 5.41) is 11.3. The van der Waals surface area contributed by atoms with Crippen molar-refractivity contribution in [2.24, 2.45) is 0 Å². The number of carbonyl (C=O) groups is 2. The molecule has 4 aromatic rings. The molecular formula is C23H21N5O3. The molecule has 0 bridgehead atoms. The van der Waals surface area contributed by atoms with Crippen molar-refractivity contribution in [1.82, 2.24) is 19.4 Å². The van der Waals surface area contributed by atoms with Crippen LogP contribution in [0.4, 0.5) is 5.69 Å². The van der Waals surface area contributed by atoms with E-state index in [1.165, 1.54) is 17.0 Å². The van der Waals surface area contributed by atoms with E-state index in [-0.39, 0.29) is 12.3 Å². The van der Waals surface area contributed by atoms with E-state index in [2.05, 4.69) is 15.5 Å². The zero-order valence-corrected chi connectivity index (χ0v) is 17.4. The van der Waals surface area contributed by atoms with Gasteiger partial charge in [0.25, 0.3) is 0 Å². The lowest BCUT2D eigenvalue weighted by Crippen LogP contribution is -2.28. The van der Waals surface area contributed by atoms with E-state index >= 15 is 0 Å². The Morgan fingerprint density at radius 2 is 1.68 bits per heavy atom. The molecule has 2 aromatic heterocycles. The highest BCUT2D eigenvalue weighted by atomic mass is 16.2. The molecule has 0 saturated heterocycles. The molecule has 31 heavy (non-hydrogen) atoms. The highest BCUT2D eigenvalue weighted by molar-refractivity contribution is 5.95. The fraction of sp³-hybridized carbons (Fsp3) is 0.174. The number of Topliss-reactive ketones (excluding diaryl/α,β-unsaturated/α-hetero) is 1. The largest absolute Gasteiger partial charge is 0.367 e. The van der Waals surface area contributed by atoms with Crippen molar-refractivity contribution in [3.8, 4) is 11.3 Å². The van der Waals surface area contributed by atoms with Crippen LogP contribution in [0.2, 0.25) is 0 Å². The van der Waals surface area contributed by atoms with Crippen LogP contribution in [0, 0.1) is 13.8 Å². The molecule has 8 nitrogen and oxygen atoms in total. The third-order valence-electron chi connectivity index (χ3n) is 5.11. The molecule has 2 heterocycles.